The zero-order valence-corrected chi connectivity index (χ0v) is 15.3. The number of ether oxygens (including phenoxy) is 1. The molecule has 0 radical (unpaired) electrons. The van der Waals surface area contributed by atoms with E-state index in [4.69, 9.17) is 4.74 Å². The molecule has 26 heavy (non-hydrogen) atoms. The average Bonchev–Trinajstić information content (AvgIpc) is 2.95. The first-order valence-corrected chi connectivity index (χ1v) is 10.00. The van der Waals surface area contributed by atoms with Crippen LogP contribution in [0.15, 0.2) is 48.5 Å². The van der Waals surface area contributed by atoms with Crippen LogP contribution in [0.5, 0.6) is 0 Å². The molecule has 3 rings (SSSR count). The molecule has 0 bridgehead atoms. The van der Waals surface area contributed by atoms with Crippen LogP contribution in [0, 0.1) is 0 Å². The summed E-state index contributed by atoms with van der Waals surface area (Å²) < 4.78 is 30.3. The molecule has 1 atom stereocenters. The minimum absolute atomic E-state index is 0.203. The Morgan fingerprint density at radius 1 is 1.12 bits per heavy atom. The van der Waals surface area contributed by atoms with Crippen LogP contribution in [0.25, 0.3) is 0 Å². The van der Waals surface area contributed by atoms with Gasteiger partial charge in [0.15, 0.2) is 12.4 Å². The lowest BCUT2D eigenvalue weighted by atomic mass is 10.1. The first-order valence-electron chi connectivity index (χ1n) is 8.15. The molecule has 7 heteroatoms. The van der Waals surface area contributed by atoms with Crippen LogP contribution < -0.4 is 4.31 Å². The standard InChI is InChI=1S/C19H19NO5S/c1-13-10-16-11-15(8-9-17(16)20(13)26(2,23)24)19(22)25-12-18(21)14-6-4-3-5-7-14/h3-9,11,13H,10,12H2,1-2H3. The minimum Gasteiger partial charge on any atom is -0.454 e. The van der Waals surface area contributed by atoms with Crippen LogP contribution >= 0.6 is 0 Å². The summed E-state index contributed by atoms with van der Waals surface area (Å²) in [7, 11) is -3.38. The predicted octanol–water partition coefficient (Wildman–Crippen LogP) is 2.44. The van der Waals surface area contributed by atoms with Crippen LogP contribution in [-0.4, -0.2) is 39.1 Å². The summed E-state index contributed by atoms with van der Waals surface area (Å²) in [6, 6.07) is 13.2. The molecule has 0 N–H and O–H groups in total. The van der Waals surface area contributed by atoms with Crippen molar-refractivity contribution in [1.29, 1.82) is 0 Å². The van der Waals surface area contributed by atoms with Gasteiger partial charge in [-0.1, -0.05) is 30.3 Å². The molecule has 2 aromatic rings. The second-order valence-electron chi connectivity index (χ2n) is 6.32. The van der Waals surface area contributed by atoms with Crippen LogP contribution in [0.1, 0.15) is 33.2 Å². The summed E-state index contributed by atoms with van der Waals surface area (Å²) in [6.45, 7) is 1.48. The highest BCUT2D eigenvalue weighted by Crippen LogP contribution is 2.34. The highest BCUT2D eigenvalue weighted by molar-refractivity contribution is 7.92. The maximum Gasteiger partial charge on any atom is 0.338 e. The lowest BCUT2D eigenvalue weighted by molar-refractivity contribution is 0.0474. The Balaban J connectivity index is 1.72. The molecule has 0 spiro atoms. The number of Topliss-reactive ketones (excluding diaryl/α,β-unsaturated/α-hetero) is 1. The van der Waals surface area contributed by atoms with Gasteiger partial charge in [0.25, 0.3) is 0 Å². The van der Waals surface area contributed by atoms with Crippen molar-refractivity contribution in [3.05, 3.63) is 65.2 Å². The Bertz CT molecular complexity index is 953. The molecule has 6 nitrogen and oxygen atoms in total. The van der Waals surface area contributed by atoms with Crippen molar-refractivity contribution < 1.29 is 22.7 Å². The fourth-order valence-corrected chi connectivity index (χ4v) is 4.42. The molecule has 2 aromatic carbocycles. The largest absolute Gasteiger partial charge is 0.454 e. The van der Waals surface area contributed by atoms with Crippen LogP contribution in [0.4, 0.5) is 5.69 Å². The van der Waals surface area contributed by atoms with Crippen molar-refractivity contribution in [2.45, 2.75) is 19.4 Å². The summed E-state index contributed by atoms with van der Waals surface area (Å²) in [5.74, 6) is -0.889. The maximum absolute atomic E-state index is 12.2. The number of rotatable bonds is 5. The minimum atomic E-state index is -3.38. The molecule has 0 aromatic heterocycles. The lowest BCUT2D eigenvalue weighted by Crippen LogP contribution is -2.34. The van der Waals surface area contributed by atoms with E-state index in [9.17, 15) is 18.0 Å². The van der Waals surface area contributed by atoms with Crippen molar-refractivity contribution >= 4 is 27.5 Å². The Morgan fingerprint density at radius 3 is 2.46 bits per heavy atom. The van der Waals surface area contributed by atoms with E-state index in [2.05, 4.69) is 0 Å². The van der Waals surface area contributed by atoms with Crippen LogP contribution in [-0.2, 0) is 21.2 Å². The van der Waals surface area contributed by atoms with E-state index < -0.39 is 16.0 Å². The zero-order valence-electron chi connectivity index (χ0n) is 14.5. The van der Waals surface area contributed by atoms with Gasteiger partial charge in [-0.15, -0.1) is 0 Å². The van der Waals surface area contributed by atoms with Crippen molar-refractivity contribution in [3.63, 3.8) is 0 Å². The number of ketones is 1. The summed E-state index contributed by atoms with van der Waals surface area (Å²) in [6.07, 6.45) is 1.68. The molecule has 0 saturated carbocycles. The Morgan fingerprint density at radius 2 is 1.81 bits per heavy atom. The van der Waals surface area contributed by atoms with E-state index in [1.165, 1.54) is 10.4 Å². The third kappa shape index (κ3) is 3.62. The number of hydrogen-bond acceptors (Lipinski definition) is 5. The number of hydrogen-bond donors (Lipinski definition) is 0. The topological polar surface area (TPSA) is 80.8 Å². The number of sulfonamides is 1. The molecule has 1 unspecified atom stereocenters. The molecule has 1 aliphatic rings. The predicted molar refractivity (Wildman–Crippen MR) is 98.0 cm³/mol. The van der Waals surface area contributed by atoms with E-state index in [1.54, 1.807) is 42.5 Å². The fraction of sp³-hybridized carbons (Fsp3) is 0.263. The van der Waals surface area contributed by atoms with Gasteiger partial charge in [-0.3, -0.25) is 9.10 Å². The van der Waals surface area contributed by atoms with Gasteiger partial charge >= 0.3 is 5.97 Å². The summed E-state index contributed by atoms with van der Waals surface area (Å²) >= 11 is 0. The lowest BCUT2D eigenvalue weighted by Gasteiger charge is -2.21. The number of fused-ring (bicyclic) bond motifs is 1. The maximum atomic E-state index is 12.2. The van der Waals surface area contributed by atoms with Gasteiger partial charge in [-0.2, -0.15) is 0 Å². The number of carbonyl (C=O) groups excluding carboxylic acids is 2. The monoisotopic (exact) mass is 373 g/mol. The Labute approximate surface area is 152 Å². The fourth-order valence-electron chi connectivity index (χ4n) is 3.16. The highest BCUT2D eigenvalue weighted by atomic mass is 32.2. The third-order valence-electron chi connectivity index (χ3n) is 4.26. The quantitative estimate of drug-likeness (QED) is 0.594. The van der Waals surface area contributed by atoms with Crippen molar-refractivity contribution in [2.75, 3.05) is 17.2 Å². The average molecular weight is 373 g/mol. The van der Waals surface area contributed by atoms with Gasteiger partial charge in [-0.25, -0.2) is 13.2 Å². The number of nitrogens with zero attached hydrogens (tertiary/aromatic N) is 1. The highest BCUT2D eigenvalue weighted by Gasteiger charge is 2.32. The molecule has 1 aliphatic heterocycles. The van der Waals surface area contributed by atoms with Gasteiger partial charge in [0, 0.05) is 11.6 Å². The normalized spacial score (nSPS) is 16.2. The number of benzene rings is 2. The molecule has 0 amide bonds. The van der Waals surface area contributed by atoms with Crippen LogP contribution in [0.3, 0.4) is 0 Å². The molecule has 1 heterocycles. The first-order chi connectivity index (χ1) is 12.3. The van der Waals surface area contributed by atoms with Crippen molar-refractivity contribution in [2.24, 2.45) is 0 Å². The van der Waals surface area contributed by atoms with Gasteiger partial charge in [-0.05, 0) is 37.1 Å². The van der Waals surface area contributed by atoms with Gasteiger partial charge < -0.3 is 4.74 Å². The van der Waals surface area contributed by atoms with Crippen LogP contribution in [0.2, 0.25) is 0 Å². The van der Waals surface area contributed by atoms with E-state index >= 15 is 0 Å². The zero-order chi connectivity index (χ0) is 18.9. The second kappa shape index (κ2) is 6.92. The van der Waals surface area contributed by atoms with Crippen molar-refractivity contribution in [3.8, 4) is 0 Å². The summed E-state index contributed by atoms with van der Waals surface area (Å²) in [4.78, 5) is 24.2. The van der Waals surface area contributed by atoms with Crippen molar-refractivity contribution in [1.82, 2.24) is 0 Å². The Kier molecular flexibility index (Phi) is 4.82. The third-order valence-corrected chi connectivity index (χ3v) is 5.53. The van der Waals surface area contributed by atoms with E-state index in [0.717, 1.165) is 11.8 Å². The molecular formula is C19H19NO5S. The molecule has 136 valence electrons. The first kappa shape index (κ1) is 18.1. The van der Waals surface area contributed by atoms with Gasteiger partial charge in [0.2, 0.25) is 10.0 Å². The summed E-state index contributed by atoms with van der Waals surface area (Å²) in [5, 5.41) is 0. The summed E-state index contributed by atoms with van der Waals surface area (Å²) in [5.41, 5.74) is 2.13. The number of anilines is 1. The molecule has 0 aliphatic carbocycles. The van der Waals surface area contributed by atoms with E-state index in [-0.39, 0.29) is 18.4 Å². The molecular weight excluding hydrogens is 354 g/mol. The second-order valence-corrected chi connectivity index (χ2v) is 8.18. The SMILES string of the molecule is CC1Cc2cc(C(=O)OCC(=O)c3ccccc3)ccc2N1S(C)(=O)=O. The smallest absolute Gasteiger partial charge is 0.338 e. The number of esters is 1. The Hall–Kier alpha value is -2.67. The van der Waals surface area contributed by atoms with Gasteiger partial charge in [0.1, 0.15) is 0 Å². The molecule has 0 saturated heterocycles. The molecule has 0 fully saturated rings. The number of carbonyl (C=O) groups is 2. The van der Waals surface area contributed by atoms with E-state index in [0.29, 0.717) is 23.2 Å². The van der Waals surface area contributed by atoms with E-state index in [1.807, 2.05) is 6.92 Å². The van der Waals surface area contributed by atoms with Gasteiger partial charge in [0.05, 0.1) is 17.5 Å².